The summed E-state index contributed by atoms with van der Waals surface area (Å²) in [6.45, 7) is 4.21. The van der Waals surface area contributed by atoms with E-state index in [1.165, 1.54) is 0 Å². The van der Waals surface area contributed by atoms with Gasteiger partial charge in [0.2, 0.25) is 0 Å². The zero-order valence-corrected chi connectivity index (χ0v) is 11.2. The molecule has 2 aromatic rings. The highest BCUT2D eigenvalue weighted by Gasteiger charge is 2.10. The van der Waals surface area contributed by atoms with E-state index in [4.69, 9.17) is 5.73 Å². The fraction of sp³-hybridized carbons (Fsp3) is 0.545. The van der Waals surface area contributed by atoms with Crippen LogP contribution in [0.5, 0.6) is 0 Å². The normalized spacial score (nSPS) is 12.8. The van der Waals surface area contributed by atoms with Crippen LogP contribution in [0, 0.1) is 0 Å². The summed E-state index contributed by atoms with van der Waals surface area (Å²) in [6, 6.07) is 0.322. The number of nitrogens with zero attached hydrogens (tertiary/aromatic N) is 4. The lowest BCUT2D eigenvalue weighted by Gasteiger charge is -2.13. The molecule has 0 saturated heterocycles. The van der Waals surface area contributed by atoms with Gasteiger partial charge < -0.3 is 11.1 Å². The van der Waals surface area contributed by atoms with Gasteiger partial charge in [-0.1, -0.05) is 12.1 Å². The summed E-state index contributed by atoms with van der Waals surface area (Å²) in [6.07, 6.45) is 4.75. The molecule has 2 rings (SSSR count). The van der Waals surface area contributed by atoms with Crippen molar-refractivity contribution in [2.75, 3.05) is 6.54 Å². The van der Waals surface area contributed by atoms with Gasteiger partial charge >= 0.3 is 0 Å². The number of nitrogens with two attached hydrogens (primary N) is 1. The standard InChI is InChI=1S/C11H18N6S/c1-2-10(11-14-4-6-18-11)13-3-5-17-8-9(7-12)15-16-17/h4,6,8,10,13H,2-3,5,7,12H2,1H3. The van der Waals surface area contributed by atoms with E-state index >= 15 is 0 Å². The summed E-state index contributed by atoms with van der Waals surface area (Å²) in [5.74, 6) is 0. The van der Waals surface area contributed by atoms with E-state index in [9.17, 15) is 0 Å². The van der Waals surface area contributed by atoms with Gasteiger partial charge in [-0.15, -0.1) is 16.4 Å². The van der Waals surface area contributed by atoms with E-state index in [1.54, 1.807) is 11.3 Å². The number of nitrogens with one attached hydrogen (secondary N) is 1. The molecule has 1 unspecified atom stereocenters. The summed E-state index contributed by atoms with van der Waals surface area (Å²) in [4.78, 5) is 4.34. The first-order valence-electron chi connectivity index (χ1n) is 6.05. The highest BCUT2D eigenvalue weighted by atomic mass is 32.1. The first-order valence-corrected chi connectivity index (χ1v) is 6.93. The molecule has 0 aromatic carbocycles. The molecule has 0 fully saturated rings. The molecule has 2 heterocycles. The number of rotatable bonds is 7. The Labute approximate surface area is 110 Å². The van der Waals surface area contributed by atoms with Crippen LogP contribution in [-0.4, -0.2) is 26.5 Å². The van der Waals surface area contributed by atoms with Gasteiger partial charge in [0.05, 0.1) is 18.3 Å². The zero-order chi connectivity index (χ0) is 12.8. The quantitative estimate of drug-likeness (QED) is 0.779. The maximum absolute atomic E-state index is 5.49. The smallest absolute Gasteiger partial charge is 0.109 e. The highest BCUT2D eigenvalue weighted by Crippen LogP contribution is 2.18. The van der Waals surface area contributed by atoms with Crippen molar-refractivity contribution in [2.24, 2.45) is 5.73 Å². The fourth-order valence-corrected chi connectivity index (χ4v) is 2.50. The minimum Gasteiger partial charge on any atom is -0.325 e. The van der Waals surface area contributed by atoms with E-state index in [2.05, 4.69) is 27.5 Å². The second-order valence-electron chi connectivity index (χ2n) is 3.96. The van der Waals surface area contributed by atoms with Gasteiger partial charge in [-0.05, 0) is 6.42 Å². The molecule has 0 aliphatic rings. The first kappa shape index (κ1) is 13.1. The fourth-order valence-electron chi connectivity index (χ4n) is 1.71. The molecule has 0 bridgehead atoms. The Kier molecular flexibility index (Phi) is 4.80. The Morgan fingerprint density at radius 1 is 1.56 bits per heavy atom. The minimum atomic E-state index is 0.322. The number of thiazole rings is 1. The molecule has 0 aliphatic carbocycles. The van der Waals surface area contributed by atoms with Crippen molar-refractivity contribution < 1.29 is 0 Å². The van der Waals surface area contributed by atoms with Crippen molar-refractivity contribution in [3.05, 3.63) is 28.5 Å². The zero-order valence-electron chi connectivity index (χ0n) is 10.4. The van der Waals surface area contributed by atoms with Crippen LogP contribution >= 0.6 is 11.3 Å². The Morgan fingerprint density at radius 3 is 3.06 bits per heavy atom. The molecule has 3 N–H and O–H groups in total. The van der Waals surface area contributed by atoms with Crippen molar-refractivity contribution in [1.82, 2.24) is 25.3 Å². The lowest BCUT2D eigenvalue weighted by atomic mass is 10.2. The minimum absolute atomic E-state index is 0.322. The van der Waals surface area contributed by atoms with Gasteiger partial charge in [-0.25, -0.2) is 4.98 Å². The predicted molar refractivity (Wildman–Crippen MR) is 71.1 cm³/mol. The van der Waals surface area contributed by atoms with Gasteiger partial charge in [0.1, 0.15) is 5.01 Å². The SMILES string of the molecule is CCC(NCCn1cc(CN)nn1)c1nccs1. The molecule has 18 heavy (non-hydrogen) atoms. The Hall–Kier alpha value is -1.31. The van der Waals surface area contributed by atoms with Gasteiger partial charge in [0, 0.05) is 30.9 Å². The van der Waals surface area contributed by atoms with Crippen molar-refractivity contribution in [2.45, 2.75) is 32.5 Å². The average molecular weight is 266 g/mol. The lowest BCUT2D eigenvalue weighted by Crippen LogP contribution is -2.25. The van der Waals surface area contributed by atoms with Crippen molar-refractivity contribution in [3.8, 4) is 0 Å². The van der Waals surface area contributed by atoms with E-state index in [0.717, 1.165) is 30.2 Å². The maximum Gasteiger partial charge on any atom is 0.109 e. The Bertz CT molecular complexity index is 452. The van der Waals surface area contributed by atoms with Crippen LogP contribution in [0.3, 0.4) is 0 Å². The average Bonchev–Trinajstić information content (AvgIpc) is 3.05. The van der Waals surface area contributed by atoms with Crippen LogP contribution < -0.4 is 11.1 Å². The second kappa shape index (κ2) is 6.58. The summed E-state index contributed by atoms with van der Waals surface area (Å²) in [7, 11) is 0. The first-order chi connectivity index (χ1) is 8.83. The molecule has 7 heteroatoms. The van der Waals surface area contributed by atoms with Crippen LogP contribution in [-0.2, 0) is 13.1 Å². The molecule has 0 radical (unpaired) electrons. The lowest BCUT2D eigenvalue weighted by molar-refractivity contribution is 0.470. The predicted octanol–water partition coefficient (Wildman–Crippen LogP) is 0.934. The van der Waals surface area contributed by atoms with Gasteiger partial charge in [0.15, 0.2) is 0 Å². The molecule has 98 valence electrons. The topological polar surface area (TPSA) is 81.7 Å². The monoisotopic (exact) mass is 266 g/mol. The summed E-state index contributed by atoms with van der Waals surface area (Å²) in [5.41, 5.74) is 6.31. The Balaban J connectivity index is 1.80. The summed E-state index contributed by atoms with van der Waals surface area (Å²) >= 11 is 1.68. The Morgan fingerprint density at radius 2 is 2.44 bits per heavy atom. The van der Waals surface area contributed by atoms with Crippen molar-refractivity contribution in [1.29, 1.82) is 0 Å². The maximum atomic E-state index is 5.49. The van der Waals surface area contributed by atoms with Gasteiger partial charge in [-0.3, -0.25) is 4.68 Å². The summed E-state index contributed by atoms with van der Waals surface area (Å²) in [5, 5.41) is 14.6. The molecule has 0 amide bonds. The van der Waals surface area contributed by atoms with Crippen LogP contribution in [0.2, 0.25) is 0 Å². The van der Waals surface area contributed by atoms with Crippen LogP contribution in [0.25, 0.3) is 0 Å². The van der Waals surface area contributed by atoms with E-state index in [-0.39, 0.29) is 0 Å². The van der Waals surface area contributed by atoms with Crippen LogP contribution in [0.15, 0.2) is 17.8 Å². The third-order valence-corrected chi connectivity index (χ3v) is 3.57. The third-order valence-electron chi connectivity index (χ3n) is 2.68. The van der Waals surface area contributed by atoms with E-state index < -0.39 is 0 Å². The van der Waals surface area contributed by atoms with Gasteiger partial charge in [-0.2, -0.15) is 0 Å². The summed E-state index contributed by atoms with van der Waals surface area (Å²) < 4.78 is 1.81. The largest absolute Gasteiger partial charge is 0.325 e. The molecular formula is C11H18N6S. The second-order valence-corrected chi connectivity index (χ2v) is 4.89. The molecule has 0 saturated carbocycles. The van der Waals surface area contributed by atoms with Crippen molar-refractivity contribution in [3.63, 3.8) is 0 Å². The van der Waals surface area contributed by atoms with Crippen LogP contribution in [0.4, 0.5) is 0 Å². The van der Waals surface area contributed by atoms with Crippen molar-refractivity contribution >= 4 is 11.3 Å². The van der Waals surface area contributed by atoms with Gasteiger partial charge in [0.25, 0.3) is 0 Å². The van der Waals surface area contributed by atoms with E-state index in [1.807, 2.05) is 22.5 Å². The molecule has 6 nitrogen and oxygen atoms in total. The number of hydrogen-bond donors (Lipinski definition) is 2. The molecular weight excluding hydrogens is 248 g/mol. The molecule has 1 atom stereocenters. The van der Waals surface area contributed by atoms with E-state index in [0.29, 0.717) is 12.6 Å². The molecule has 2 aromatic heterocycles. The highest BCUT2D eigenvalue weighted by molar-refractivity contribution is 7.09. The molecule has 0 aliphatic heterocycles. The third kappa shape index (κ3) is 3.34. The number of aromatic nitrogens is 4. The number of hydrogen-bond acceptors (Lipinski definition) is 6. The van der Waals surface area contributed by atoms with Crippen LogP contribution in [0.1, 0.15) is 30.1 Å². The molecule has 0 spiro atoms.